The Labute approximate surface area is 327 Å². The van der Waals surface area contributed by atoms with Gasteiger partial charge in [-0.2, -0.15) is 0 Å². The molecule has 0 aliphatic carbocycles. The van der Waals surface area contributed by atoms with Gasteiger partial charge in [0.05, 0.1) is 16.7 Å². The van der Waals surface area contributed by atoms with Crippen LogP contribution in [0.2, 0.25) is 0 Å². The van der Waals surface area contributed by atoms with Crippen molar-refractivity contribution >= 4 is 53.3 Å². The summed E-state index contributed by atoms with van der Waals surface area (Å²) in [4.78, 5) is 15.5. The molecule has 3 heterocycles. The third-order valence-electron chi connectivity index (χ3n) is 10.7. The maximum Gasteiger partial charge on any atom is 0.166 e. The topological polar surface area (TPSA) is 43.6 Å². The lowest BCUT2D eigenvalue weighted by molar-refractivity contribution is 1.06. The maximum absolute atomic E-state index is 5.24. The summed E-state index contributed by atoms with van der Waals surface area (Å²) in [5, 5.41) is 4.98. The van der Waals surface area contributed by atoms with E-state index in [1.165, 1.54) is 36.5 Å². The third kappa shape index (κ3) is 5.40. The Balaban J connectivity index is 1.20. The Hall–Kier alpha value is -7.21. The number of fused-ring (bicyclic) bond motifs is 6. The smallest absolute Gasteiger partial charge is 0.166 e. The van der Waals surface area contributed by atoms with Crippen LogP contribution in [0, 0.1) is 0 Å². The molecule has 0 aliphatic rings. The molecule has 4 nitrogen and oxygen atoms in total. The number of thiophene rings is 1. The number of aromatic nitrogens is 4. The molecule has 0 unspecified atom stereocenters. The largest absolute Gasteiger partial charge is 0.308 e. The van der Waals surface area contributed by atoms with Gasteiger partial charge in [-0.15, -0.1) is 11.3 Å². The lowest BCUT2D eigenvalue weighted by atomic mass is 9.98. The standard InChI is InChI=1S/C51H32N4S/c1-4-15-33(16-5-1)38-23-14-24-43(51-53-49(34-17-6-2-7-18-34)52-50(54-51)35-19-8-3-9-20-35)48(38)55-44-25-12-10-21-39(44)40-29-27-36(31-45(40)55)37-28-30-42-41-22-11-13-26-46(41)56-47(42)32-37/h1-32H. The van der Waals surface area contributed by atoms with Gasteiger partial charge < -0.3 is 4.57 Å². The molecular weight excluding hydrogens is 701 g/mol. The van der Waals surface area contributed by atoms with Crippen molar-refractivity contribution in [2.75, 3.05) is 0 Å². The van der Waals surface area contributed by atoms with Crippen molar-refractivity contribution in [3.63, 3.8) is 0 Å². The van der Waals surface area contributed by atoms with E-state index in [1.54, 1.807) is 0 Å². The first-order valence-corrected chi connectivity index (χ1v) is 19.6. The van der Waals surface area contributed by atoms with Crippen LogP contribution in [0.3, 0.4) is 0 Å². The van der Waals surface area contributed by atoms with Crippen LogP contribution >= 0.6 is 11.3 Å². The molecule has 0 amide bonds. The highest BCUT2D eigenvalue weighted by Gasteiger charge is 2.23. The van der Waals surface area contributed by atoms with Crippen molar-refractivity contribution < 1.29 is 0 Å². The van der Waals surface area contributed by atoms with Gasteiger partial charge in [0, 0.05) is 53.2 Å². The molecule has 0 aliphatic heterocycles. The van der Waals surface area contributed by atoms with Crippen molar-refractivity contribution in [2.24, 2.45) is 0 Å². The Kier molecular flexibility index (Phi) is 7.64. The molecule has 11 rings (SSSR count). The van der Waals surface area contributed by atoms with Crippen molar-refractivity contribution in [2.45, 2.75) is 0 Å². The zero-order valence-corrected chi connectivity index (χ0v) is 31.0. The highest BCUT2D eigenvalue weighted by atomic mass is 32.1. The van der Waals surface area contributed by atoms with Gasteiger partial charge in [-0.1, -0.05) is 164 Å². The van der Waals surface area contributed by atoms with Gasteiger partial charge in [-0.25, -0.2) is 15.0 Å². The van der Waals surface area contributed by atoms with Crippen LogP contribution in [0.5, 0.6) is 0 Å². The van der Waals surface area contributed by atoms with Gasteiger partial charge in [0.2, 0.25) is 0 Å². The monoisotopic (exact) mass is 732 g/mol. The third-order valence-corrected chi connectivity index (χ3v) is 11.8. The number of hydrogen-bond donors (Lipinski definition) is 0. The molecule has 56 heavy (non-hydrogen) atoms. The van der Waals surface area contributed by atoms with Gasteiger partial charge in [0.15, 0.2) is 17.5 Å². The Morgan fingerprint density at radius 3 is 1.55 bits per heavy atom. The molecular formula is C51H32N4S. The molecule has 0 atom stereocenters. The molecule has 0 fully saturated rings. The van der Waals surface area contributed by atoms with Crippen LogP contribution in [-0.4, -0.2) is 19.5 Å². The zero-order chi connectivity index (χ0) is 37.0. The Morgan fingerprint density at radius 2 is 0.839 bits per heavy atom. The van der Waals surface area contributed by atoms with Crippen molar-refractivity contribution in [3.8, 4) is 62.1 Å². The number of nitrogens with zero attached hydrogens (tertiary/aromatic N) is 4. The quantitative estimate of drug-likeness (QED) is 0.171. The van der Waals surface area contributed by atoms with Crippen LogP contribution in [0.1, 0.15) is 0 Å². The lowest BCUT2D eigenvalue weighted by Crippen LogP contribution is -2.05. The summed E-state index contributed by atoms with van der Waals surface area (Å²) < 4.78 is 5.03. The predicted molar refractivity (Wildman–Crippen MR) is 234 cm³/mol. The summed E-state index contributed by atoms with van der Waals surface area (Å²) in [6, 6.07) is 68.6. The van der Waals surface area contributed by atoms with E-state index in [1.807, 2.05) is 47.7 Å². The van der Waals surface area contributed by atoms with E-state index in [0.717, 1.165) is 50.1 Å². The summed E-state index contributed by atoms with van der Waals surface area (Å²) in [6.07, 6.45) is 0. The summed E-state index contributed by atoms with van der Waals surface area (Å²) in [6.45, 7) is 0. The van der Waals surface area contributed by atoms with E-state index in [2.05, 4.69) is 162 Å². The van der Waals surface area contributed by atoms with Gasteiger partial charge in [-0.3, -0.25) is 0 Å². The molecule has 11 aromatic rings. The van der Waals surface area contributed by atoms with Crippen LogP contribution in [0.15, 0.2) is 194 Å². The molecule has 5 heteroatoms. The van der Waals surface area contributed by atoms with Crippen molar-refractivity contribution in [3.05, 3.63) is 194 Å². The van der Waals surface area contributed by atoms with E-state index in [-0.39, 0.29) is 0 Å². The highest BCUT2D eigenvalue weighted by molar-refractivity contribution is 7.25. The molecule has 0 spiro atoms. The summed E-state index contributed by atoms with van der Waals surface area (Å²) in [5.41, 5.74) is 10.6. The number of hydrogen-bond acceptors (Lipinski definition) is 4. The normalized spacial score (nSPS) is 11.6. The average Bonchev–Trinajstić information content (AvgIpc) is 3.82. The average molecular weight is 733 g/mol. The highest BCUT2D eigenvalue weighted by Crippen LogP contribution is 2.43. The first-order chi connectivity index (χ1) is 27.8. The first-order valence-electron chi connectivity index (χ1n) is 18.8. The van der Waals surface area contributed by atoms with Crippen molar-refractivity contribution in [1.29, 1.82) is 0 Å². The first kappa shape index (κ1) is 32.2. The summed E-state index contributed by atoms with van der Waals surface area (Å²) >= 11 is 1.85. The van der Waals surface area contributed by atoms with E-state index in [0.29, 0.717) is 17.5 Å². The maximum atomic E-state index is 5.24. The number of rotatable bonds is 6. The van der Waals surface area contributed by atoms with Gasteiger partial charge in [0.1, 0.15) is 0 Å². The molecule has 262 valence electrons. The molecule has 3 aromatic heterocycles. The van der Waals surface area contributed by atoms with Crippen LogP contribution < -0.4 is 0 Å². The fourth-order valence-corrected chi connectivity index (χ4v) is 9.19. The molecule has 0 saturated carbocycles. The minimum Gasteiger partial charge on any atom is -0.308 e. The van der Waals surface area contributed by atoms with Crippen LogP contribution in [-0.2, 0) is 0 Å². The molecule has 0 bridgehead atoms. The second kappa shape index (κ2) is 13.3. The Morgan fingerprint density at radius 1 is 0.321 bits per heavy atom. The minimum atomic E-state index is 0.614. The zero-order valence-electron chi connectivity index (χ0n) is 30.2. The van der Waals surface area contributed by atoms with E-state index >= 15 is 0 Å². The fraction of sp³-hybridized carbons (Fsp3) is 0. The van der Waals surface area contributed by atoms with E-state index in [9.17, 15) is 0 Å². The number of benzene rings is 8. The van der Waals surface area contributed by atoms with Crippen molar-refractivity contribution in [1.82, 2.24) is 19.5 Å². The Bertz CT molecular complexity index is 3180. The summed E-state index contributed by atoms with van der Waals surface area (Å²) in [7, 11) is 0. The van der Waals surface area contributed by atoms with Gasteiger partial charge in [-0.05, 0) is 47.0 Å². The minimum absolute atomic E-state index is 0.614. The van der Waals surface area contributed by atoms with E-state index < -0.39 is 0 Å². The second-order valence-corrected chi connectivity index (χ2v) is 15.1. The fourth-order valence-electron chi connectivity index (χ4n) is 8.04. The second-order valence-electron chi connectivity index (χ2n) is 14.0. The number of para-hydroxylation sites is 2. The SMILES string of the molecule is c1ccc(-c2nc(-c3ccccc3)nc(-c3cccc(-c4ccccc4)c3-n3c4ccccc4c4ccc(-c5ccc6c(c5)sc5ccccc56)cc43)n2)cc1. The lowest BCUT2D eigenvalue weighted by Gasteiger charge is -2.19. The van der Waals surface area contributed by atoms with E-state index in [4.69, 9.17) is 15.0 Å². The van der Waals surface area contributed by atoms with Gasteiger partial charge in [0.25, 0.3) is 0 Å². The molecule has 0 saturated heterocycles. The molecule has 0 N–H and O–H groups in total. The molecule has 0 radical (unpaired) electrons. The summed E-state index contributed by atoms with van der Waals surface area (Å²) in [5.74, 6) is 1.88. The van der Waals surface area contributed by atoms with Crippen LogP contribution in [0.25, 0.3) is 104 Å². The van der Waals surface area contributed by atoms with Gasteiger partial charge >= 0.3 is 0 Å². The van der Waals surface area contributed by atoms with Crippen LogP contribution in [0.4, 0.5) is 0 Å². The predicted octanol–water partition coefficient (Wildman–Crippen LogP) is 13.7. The molecule has 8 aromatic carbocycles.